The van der Waals surface area contributed by atoms with Crippen molar-refractivity contribution >= 4 is 46.0 Å². The van der Waals surface area contributed by atoms with Crippen molar-refractivity contribution in [3.63, 3.8) is 0 Å². The van der Waals surface area contributed by atoms with Crippen molar-refractivity contribution in [1.82, 2.24) is 14.7 Å². The van der Waals surface area contributed by atoms with Crippen molar-refractivity contribution in [2.24, 2.45) is 5.92 Å². The van der Waals surface area contributed by atoms with Gasteiger partial charge in [0.05, 0.1) is 18.8 Å². The number of hydrogen-bond acceptors (Lipinski definition) is 9. The van der Waals surface area contributed by atoms with Crippen LogP contribution >= 0.6 is 11.3 Å². The number of carbonyl (C=O) groups excluding carboxylic acids is 4. The van der Waals surface area contributed by atoms with Crippen molar-refractivity contribution < 1.29 is 28.7 Å². The highest BCUT2D eigenvalue weighted by atomic mass is 32.1. The van der Waals surface area contributed by atoms with Gasteiger partial charge in [-0.2, -0.15) is 0 Å². The molecule has 3 aromatic carbocycles. The Labute approximate surface area is 339 Å². The number of nitrogens with zero attached hydrogens (tertiary/aromatic N) is 3. The lowest BCUT2D eigenvalue weighted by Crippen LogP contribution is -2.41. The van der Waals surface area contributed by atoms with Crippen LogP contribution in [0.1, 0.15) is 82.3 Å². The molecule has 0 unspecified atom stereocenters. The van der Waals surface area contributed by atoms with E-state index in [-0.39, 0.29) is 17.7 Å². The van der Waals surface area contributed by atoms with E-state index in [1.54, 1.807) is 36.2 Å². The van der Waals surface area contributed by atoms with Crippen molar-refractivity contribution in [3.05, 3.63) is 117 Å². The van der Waals surface area contributed by atoms with Gasteiger partial charge < -0.3 is 25.0 Å². The standard InChI is InChI=1S/C45H53N5O6S/c1-48(20-21-49-22-26-56-27-23-49)45(54)37-7-3-6-36(28-37)42(52)47-44-41(39-16-19-50(30-40(39)57-44)29-34-17-24-55-25-18-34)43(53)46-38-14-12-33(13-15-38)5-2-4-32-8-10-35(31-51)11-9-32/h3,6-15,28,31,34H,2,4-5,16-27,29-30H2,1H3,(H,46,53)(H,47,52). The van der Waals surface area contributed by atoms with Crippen molar-refractivity contribution in [2.45, 2.75) is 45.1 Å². The Morgan fingerprint density at radius 1 is 0.825 bits per heavy atom. The third kappa shape index (κ3) is 10.8. The number of ether oxygens (including phenoxy) is 2. The van der Waals surface area contributed by atoms with Gasteiger partial charge in [0.25, 0.3) is 17.7 Å². The number of nitrogens with one attached hydrogen (secondary N) is 2. The smallest absolute Gasteiger partial charge is 0.258 e. The zero-order chi connectivity index (χ0) is 39.6. The van der Waals surface area contributed by atoms with Crippen LogP contribution in [-0.4, -0.2) is 111 Å². The molecule has 0 aliphatic carbocycles. The van der Waals surface area contributed by atoms with Gasteiger partial charge in [0, 0.05) is 93.3 Å². The zero-order valence-electron chi connectivity index (χ0n) is 32.8. The number of morpholine rings is 1. The van der Waals surface area contributed by atoms with Crippen LogP contribution in [0.2, 0.25) is 0 Å². The second-order valence-corrected chi connectivity index (χ2v) is 16.4. The molecule has 0 saturated carbocycles. The molecule has 4 aromatic rings. The second-order valence-electron chi connectivity index (χ2n) is 15.3. The summed E-state index contributed by atoms with van der Waals surface area (Å²) >= 11 is 1.47. The average Bonchev–Trinajstić information content (AvgIpc) is 3.61. The summed E-state index contributed by atoms with van der Waals surface area (Å²) in [5, 5.41) is 6.72. The van der Waals surface area contributed by atoms with Crippen LogP contribution in [0.3, 0.4) is 0 Å². The number of aldehydes is 1. The van der Waals surface area contributed by atoms with Gasteiger partial charge in [0.1, 0.15) is 11.3 Å². The van der Waals surface area contributed by atoms with Crippen molar-refractivity contribution in [2.75, 3.05) is 83.4 Å². The van der Waals surface area contributed by atoms with E-state index in [0.29, 0.717) is 65.0 Å². The zero-order valence-corrected chi connectivity index (χ0v) is 33.6. The number of likely N-dealkylation sites (N-methyl/N-ethyl adjacent to an activating group) is 1. The fraction of sp³-hybridized carbons (Fsp3) is 0.422. The number of hydrogen-bond donors (Lipinski definition) is 2. The molecule has 0 bridgehead atoms. The Hall–Kier alpha value is -4.72. The molecule has 1 aromatic heterocycles. The molecule has 300 valence electrons. The molecule has 57 heavy (non-hydrogen) atoms. The van der Waals surface area contributed by atoms with Gasteiger partial charge >= 0.3 is 0 Å². The summed E-state index contributed by atoms with van der Waals surface area (Å²) in [6, 6.07) is 22.4. The van der Waals surface area contributed by atoms with Crippen LogP contribution in [0, 0.1) is 5.92 Å². The molecular weight excluding hydrogens is 739 g/mol. The molecule has 2 N–H and O–H groups in total. The minimum atomic E-state index is -0.364. The van der Waals surface area contributed by atoms with Crippen molar-refractivity contribution in [3.8, 4) is 0 Å². The molecule has 12 heteroatoms. The lowest BCUT2D eigenvalue weighted by atomic mass is 9.97. The Balaban J connectivity index is 1.03. The number of fused-ring (bicyclic) bond motifs is 1. The summed E-state index contributed by atoms with van der Waals surface area (Å²) in [5.41, 5.74) is 6.03. The number of amides is 3. The minimum Gasteiger partial charge on any atom is -0.381 e. The largest absolute Gasteiger partial charge is 0.381 e. The topological polar surface area (TPSA) is 121 Å². The molecule has 3 amide bonds. The van der Waals surface area contributed by atoms with Gasteiger partial charge in [-0.3, -0.25) is 29.0 Å². The maximum Gasteiger partial charge on any atom is 0.258 e. The van der Waals surface area contributed by atoms with E-state index in [1.807, 2.05) is 48.5 Å². The normalized spacial score (nSPS) is 16.4. The summed E-state index contributed by atoms with van der Waals surface area (Å²) in [5.74, 6) is -0.173. The molecule has 4 heterocycles. The number of anilines is 2. The maximum atomic E-state index is 14.2. The summed E-state index contributed by atoms with van der Waals surface area (Å²) in [6.45, 7) is 8.62. The van der Waals surface area contributed by atoms with Crippen LogP contribution in [0.25, 0.3) is 0 Å². The Bertz CT molecular complexity index is 2000. The molecule has 3 aliphatic heterocycles. The van der Waals surface area contributed by atoms with Crippen LogP contribution < -0.4 is 10.6 Å². The highest BCUT2D eigenvalue weighted by molar-refractivity contribution is 7.17. The maximum absolute atomic E-state index is 14.2. The molecular formula is C45H53N5O6S. The predicted molar refractivity (Wildman–Crippen MR) is 224 cm³/mol. The lowest BCUT2D eigenvalue weighted by Gasteiger charge is -2.32. The Morgan fingerprint density at radius 3 is 2.23 bits per heavy atom. The number of aryl methyl sites for hydroxylation is 2. The quantitative estimate of drug-likeness (QED) is 0.132. The first-order valence-corrected chi connectivity index (χ1v) is 21.0. The molecule has 0 radical (unpaired) electrons. The van der Waals surface area contributed by atoms with Gasteiger partial charge in [0.15, 0.2) is 0 Å². The molecule has 3 aliphatic rings. The van der Waals surface area contributed by atoms with Crippen LogP contribution in [-0.2, 0) is 35.3 Å². The first-order valence-electron chi connectivity index (χ1n) is 20.2. The summed E-state index contributed by atoms with van der Waals surface area (Å²) < 4.78 is 11.0. The average molecular weight is 792 g/mol. The van der Waals surface area contributed by atoms with Crippen LogP contribution in [0.4, 0.5) is 10.7 Å². The number of benzene rings is 3. The molecule has 7 rings (SSSR count). The van der Waals surface area contributed by atoms with Crippen LogP contribution in [0.15, 0.2) is 72.8 Å². The van der Waals surface area contributed by atoms with E-state index >= 15 is 0 Å². The number of thiophene rings is 1. The van der Waals surface area contributed by atoms with Gasteiger partial charge in [-0.15, -0.1) is 11.3 Å². The summed E-state index contributed by atoms with van der Waals surface area (Å²) in [6.07, 6.45) is 6.45. The molecule has 0 spiro atoms. The van der Waals surface area contributed by atoms with Gasteiger partial charge in [0.2, 0.25) is 0 Å². The number of rotatable bonds is 15. The van der Waals surface area contributed by atoms with E-state index in [0.717, 1.165) is 101 Å². The van der Waals surface area contributed by atoms with Crippen molar-refractivity contribution in [1.29, 1.82) is 0 Å². The summed E-state index contributed by atoms with van der Waals surface area (Å²) in [4.78, 5) is 60.0. The molecule has 2 fully saturated rings. The van der Waals surface area contributed by atoms with E-state index in [2.05, 4.69) is 20.4 Å². The van der Waals surface area contributed by atoms with Gasteiger partial charge in [-0.25, -0.2) is 0 Å². The fourth-order valence-electron chi connectivity index (χ4n) is 7.85. The first kappa shape index (κ1) is 40.5. The second kappa shape index (κ2) is 19.6. The van der Waals surface area contributed by atoms with E-state index in [9.17, 15) is 19.2 Å². The first-order chi connectivity index (χ1) is 27.8. The van der Waals surface area contributed by atoms with Gasteiger partial charge in [-0.05, 0) is 91.5 Å². The third-order valence-electron chi connectivity index (χ3n) is 11.3. The monoisotopic (exact) mass is 791 g/mol. The van der Waals surface area contributed by atoms with Gasteiger partial charge in [-0.1, -0.05) is 42.5 Å². The predicted octanol–water partition coefficient (Wildman–Crippen LogP) is 6.43. The highest BCUT2D eigenvalue weighted by Crippen LogP contribution is 2.38. The SMILES string of the molecule is CN(CCN1CCOCC1)C(=O)c1cccc(C(=O)Nc2sc3c(c2C(=O)Nc2ccc(CCCc4ccc(C=O)cc4)cc2)CCN(CC2CCOCC2)C3)c1. The fourth-order valence-corrected chi connectivity index (χ4v) is 9.13. The Morgan fingerprint density at radius 2 is 1.51 bits per heavy atom. The highest BCUT2D eigenvalue weighted by Gasteiger charge is 2.30. The molecule has 2 saturated heterocycles. The minimum absolute atomic E-state index is 0.148. The van der Waals surface area contributed by atoms with Crippen LogP contribution in [0.5, 0.6) is 0 Å². The Kier molecular flexibility index (Phi) is 13.9. The number of carbonyl (C=O) groups is 4. The summed E-state index contributed by atoms with van der Waals surface area (Å²) in [7, 11) is 1.79. The van der Waals surface area contributed by atoms with E-state index < -0.39 is 0 Å². The lowest BCUT2D eigenvalue weighted by molar-refractivity contribution is 0.0338. The third-order valence-corrected chi connectivity index (χ3v) is 12.4. The molecule has 0 atom stereocenters. The molecule has 11 nitrogen and oxygen atoms in total. The van der Waals surface area contributed by atoms with E-state index in [4.69, 9.17) is 9.47 Å². The van der Waals surface area contributed by atoms with E-state index in [1.165, 1.54) is 22.5 Å².